The third-order valence-corrected chi connectivity index (χ3v) is 9.36. The van der Waals surface area contributed by atoms with Crippen molar-refractivity contribution in [3.63, 3.8) is 0 Å². The molecular weight excluding hydrogens is 582 g/mol. The summed E-state index contributed by atoms with van der Waals surface area (Å²) in [7, 11) is -4.14. The van der Waals surface area contributed by atoms with Crippen LogP contribution in [0.1, 0.15) is 41.7 Å². The van der Waals surface area contributed by atoms with Gasteiger partial charge in [0, 0.05) is 19.5 Å². The van der Waals surface area contributed by atoms with Crippen molar-refractivity contribution in [3.8, 4) is 0 Å². The van der Waals surface area contributed by atoms with Gasteiger partial charge in [-0.1, -0.05) is 104 Å². The lowest BCUT2D eigenvalue weighted by molar-refractivity contribution is -0.140. The van der Waals surface area contributed by atoms with E-state index in [4.69, 9.17) is 0 Å². The second-order valence-electron chi connectivity index (χ2n) is 12.0. The summed E-state index contributed by atoms with van der Waals surface area (Å²) < 4.78 is 29.5. The number of carbonyl (C=O) groups is 2. The van der Waals surface area contributed by atoms with Crippen LogP contribution in [0.2, 0.25) is 0 Å². The van der Waals surface area contributed by atoms with Gasteiger partial charge in [-0.2, -0.15) is 0 Å². The fourth-order valence-corrected chi connectivity index (χ4v) is 6.54. The van der Waals surface area contributed by atoms with Crippen molar-refractivity contribution in [2.24, 2.45) is 5.92 Å². The highest BCUT2D eigenvalue weighted by Crippen LogP contribution is 2.26. The predicted molar refractivity (Wildman–Crippen MR) is 180 cm³/mol. The average Bonchev–Trinajstić information content (AvgIpc) is 3.01. The van der Waals surface area contributed by atoms with E-state index < -0.39 is 28.5 Å². The van der Waals surface area contributed by atoms with E-state index in [2.05, 4.69) is 5.32 Å². The summed E-state index contributed by atoms with van der Waals surface area (Å²) in [4.78, 5) is 30.0. The molecule has 2 amide bonds. The lowest BCUT2D eigenvalue weighted by atomic mass is 10.0. The van der Waals surface area contributed by atoms with E-state index in [0.717, 1.165) is 32.1 Å². The normalized spacial score (nSPS) is 12.0. The summed E-state index contributed by atoms with van der Waals surface area (Å²) in [6, 6.07) is 30.2. The molecule has 0 fully saturated rings. The Balaban J connectivity index is 1.80. The van der Waals surface area contributed by atoms with Gasteiger partial charge in [0.15, 0.2) is 0 Å². The molecule has 1 N–H and O–H groups in total. The third kappa shape index (κ3) is 9.05. The van der Waals surface area contributed by atoms with Crippen molar-refractivity contribution in [1.82, 2.24) is 10.2 Å². The second kappa shape index (κ2) is 15.0. The number of nitrogens with one attached hydrogen (secondary N) is 1. The van der Waals surface area contributed by atoms with Gasteiger partial charge in [-0.15, -0.1) is 0 Å². The molecule has 4 aromatic rings. The van der Waals surface area contributed by atoms with E-state index >= 15 is 0 Å². The van der Waals surface area contributed by atoms with Crippen LogP contribution in [-0.4, -0.2) is 44.3 Å². The first-order chi connectivity index (χ1) is 21.4. The average molecular weight is 626 g/mol. The molecule has 0 aliphatic rings. The second-order valence-corrected chi connectivity index (χ2v) is 13.9. The van der Waals surface area contributed by atoms with Crippen molar-refractivity contribution in [1.29, 1.82) is 0 Å². The minimum Gasteiger partial charge on any atom is -0.354 e. The molecule has 0 aliphatic carbocycles. The first-order valence-electron chi connectivity index (χ1n) is 15.3. The van der Waals surface area contributed by atoms with Crippen LogP contribution in [0.25, 0.3) is 0 Å². The minimum absolute atomic E-state index is 0.0863. The van der Waals surface area contributed by atoms with Crippen LogP contribution in [0.3, 0.4) is 0 Å². The first kappa shape index (κ1) is 33.5. The summed E-state index contributed by atoms with van der Waals surface area (Å²) in [5, 5.41) is 3.02. The monoisotopic (exact) mass is 625 g/mol. The van der Waals surface area contributed by atoms with Gasteiger partial charge in [0.05, 0.1) is 10.6 Å². The molecule has 0 aliphatic heterocycles. The number of carbonyl (C=O) groups excluding carboxylic acids is 2. The molecule has 7 nitrogen and oxygen atoms in total. The highest BCUT2D eigenvalue weighted by Gasteiger charge is 2.34. The van der Waals surface area contributed by atoms with Crippen LogP contribution < -0.4 is 9.62 Å². The Labute approximate surface area is 268 Å². The Kier molecular flexibility index (Phi) is 11.2. The first-order valence-corrected chi connectivity index (χ1v) is 16.7. The Hall–Kier alpha value is -4.43. The number of aryl methyl sites for hydroxylation is 3. The molecule has 0 heterocycles. The summed E-state index contributed by atoms with van der Waals surface area (Å²) in [6.45, 7) is 9.87. The maximum Gasteiger partial charge on any atom is 0.264 e. The highest BCUT2D eigenvalue weighted by atomic mass is 32.2. The van der Waals surface area contributed by atoms with Gasteiger partial charge >= 0.3 is 0 Å². The van der Waals surface area contributed by atoms with Crippen molar-refractivity contribution in [2.75, 3.05) is 17.4 Å². The summed E-state index contributed by atoms with van der Waals surface area (Å²) >= 11 is 0. The molecule has 45 heavy (non-hydrogen) atoms. The molecule has 4 rings (SSSR count). The van der Waals surface area contributed by atoms with E-state index in [-0.39, 0.29) is 29.7 Å². The van der Waals surface area contributed by atoms with Gasteiger partial charge < -0.3 is 10.2 Å². The lowest BCUT2D eigenvalue weighted by Gasteiger charge is -2.34. The van der Waals surface area contributed by atoms with E-state index in [1.807, 2.05) is 95.3 Å². The van der Waals surface area contributed by atoms with Gasteiger partial charge in [0.25, 0.3) is 10.0 Å². The number of hydrogen-bond donors (Lipinski definition) is 1. The fraction of sp³-hybridized carbons (Fsp3) is 0.297. The lowest BCUT2D eigenvalue weighted by Crippen LogP contribution is -2.53. The Morgan fingerprint density at radius 3 is 1.98 bits per heavy atom. The molecule has 1 unspecified atom stereocenters. The molecule has 0 spiro atoms. The molecule has 0 saturated carbocycles. The van der Waals surface area contributed by atoms with Crippen molar-refractivity contribution in [2.45, 2.75) is 58.5 Å². The van der Waals surface area contributed by atoms with E-state index in [1.165, 1.54) is 4.90 Å². The van der Waals surface area contributed by atoms with E-state index in [1.54, 1.807) is 42.5 Å². The van der Waals surface area contributed by atoms with Crippen LogP contribution in [0.5, 0.6) is 0 Å². The number of sulfonamides is 1. The van der Waals surface area contributed by atoms with Crippen molar-refractivity contribution in [3.05, 3.63) is 131 Å². The number of anilines is 1. The smallest absolute Gasteiger partial charge is 0.264 e. The molecular formula is C37H43N3O4S. The van der Waals surface area contributed by atoms with Crippen LogP contribution in [0, 0.1) is 26.7 Å². The number of hydrogen-bond acceptors (Lipinski definition) is 4. The van der Waals surface area contributed by atoms with Gasteiger partial charge in [0.1, 0.15) is 12.6 Å². The Morgan fingerprint density at radius 1 is 0.733 bits per heavy atom. The van der Waals surface area contributed by atoms with Crippen molar-refractivity contribution < 1.29 is 18.0 Å². The van der Waals surface area contributed by atoms with Crippen LogP contribution >= 0.6 is 0 Å². The van der Waals surface area contributed by atoms with Crippen LogP contribution in [0.4, 0.5) is 5.69 Å². The van der Waals surface area contributed by atoms with E-state index in [0.29, 0.717) is 12.2 Å². The van der Waals surface area contributed by atoms with Gasteiger partial charge in [-0.05, 0) is 67.6 Å². The van der Waals surface area contributed by atoms with Crippen molar-refractivity contribution >= 4 is 27.5 Å². The third-order valence-electron chi connectivity index (χ3n) is 7.57. The molecule has 8 heteroatoms. The van der Waals surface area contributed by atoms with Gasteiger partial charge in [-0.25, -0.2) is 8.42 Å². The van der Waals surface area contributed by atoms with E-state index in [9.17, 15) is 18.0 Å². The quantitative estimate of drug-likeness (QED) is 0.191. The maximum absolute atomic E-state index is 14.5. The zero-order valence-electron chi connectivity index (χ0n) is 26.7. The zero-order valence-corrected chi connectivity index (χ0v) is 27.6. The van der Waals surface area contributed by atoms with Gasteiger partial charge in [-0.3, -0.25) is 13.9 Å². The largest absolute Gasteiger partial charge is 0.354 e. The standard InChI is InChI=1S/C37H43N3O4S/c1-27(2)24-38-37(42)35(23-31-13-7-6-8-14-31)39(25-32-15-9-11-29(4)21-32)36(41)26-40(33-16-10-12-30(5)22-33)45(43,44)34-19-17-28(3)18-20-34/h6-22,27,35H,23-26H2,1-5H3,(H,38,42). The number of rotatable bonds is 13. The van der Waals surface area contributed by atoms with Crippen LogP contribution in [0.15, 0.2) is 108 Å². The van der Waals surface area contributed by atoms with Crippen LogP contribution in [-0.2, 0) is 32.6 Å². The molecule has 0 aromatic heterocycles. The maximum atomic E-state index is 14.5. The number of benzene rings is 4. The SMILES string of the molecule is Cc1ccc(S(=O)(=O)N(CC(=O)N(Cc2cccc(C)c2)C(Cc2ccccc2)C(=O)NCC(C)C)c2cccc(C)c2)cc1. The molecule has 0 saturated heterocycles. The molecule has 4 aromatic carbocycles. The number of amides is 2. The van der Waals surface area contributed by atoms with Gasteiger partial charge in [0.2, 0.25) is 11.8 Å². The molecule has 0 radical (unpaired) electrons. The highest BCUT2D eigenvalue weighted by molar-refractivity contribution is 7.92. The minimum atomic E-state index is -4.14. The summed E-state index contributed by atoms with van der Waals surface area (Å²) in [5.74, 6) is -0.546. The molecule has 0 bridgehead atoms. The topological polar surface area (TPSA) is 86.8 Å². The Bertz CT molecular complexity index is 1700. The molecule has 236 valence electrons. The Morgan fingerprint density at radius 2 is 1.36 bits per heavy atom. The summed E-state index contributed by atoms with van der Waals surface area (Å²) in [5.41, 5.74) is 4.92. The number of nitrogens with zero attached hydrogens (tertiary/aromatic N) is 2. The molecule has 1 atom stereocenters. The predicted octanol–water partition coefficient (Wildman–Crippen LogP) is 6.22. The summed E-state index contributed by atoms with van der Waals surface area (Å²) in [6.07, 6.45) is 0.275. The zero-order chi connectivity index (χ0) is 32.6. The fourth-order valence-electron chi connectivity index (χ4n) is 5.13.